The van der Waals surface area contributed by atoms with Crippen molar-refractivity contribution in [2.24, 2.45) is 0 Å². The second-order valence-corrected chi connectivity index (χ2v) is 8.65. The molecule has 0 bridgehead atoms. The Morgan fingerprint density at radius 1 is 1.00 bits per heavy atom. The van der Waals surface area contributed by atoms with E-state index in [-0.39, 0.29) is 13.2 Å². The zero-order valence-corrected chi connectivity index (χ0v) is 20.1. The van der Waals surface area contributed by atoms with E-state index in [1.54, 1.807) is 25.2 Å². The van der Waals surface area contributed by atoms with Crippen molar-refractivity contribution in [1.82, 2.24) is 10.3 Å². The number of nitrogens with one attached hydrogen (secondary N) is 2. The maximum absolute atomic E-state index is 13.0. The zero-order valence-electron chi connectivity index (χ0n) is 19.3. The summed E-state index contributed by atoms with van der Waals surface area (Å²) in [6.45, 7) is 11.6. The first-order chi connectivity index (χ1) is 15.3. The van der Waals surface area contributed by atoms with E-state index in [1.807, 2.05) is 52.0 Å². The minimum atomic E-state index is -0.653. The second kappa shape index (κ2) is 9.99. The smallest absolute Gasteiger partial charge is 0.336 e. The number of esters is 2. The highest BCUT2D eigenvalue weighted by Crippen LogP contribution is 2.43. The monoisotopic (exact) mass is 455 g/mol. The summed E-state index contributed by atoms with van der Waals surface area (Å²) < 4.78 is 10.7. The van der Waals surface area contributed by atoms with E-state index >= 15 is 0 Å². The van der Waals surface area contributed by atoms with Gasteiger partial charge >= 0.3 is 11.9 Å². The predicted molar refractivity (Wildman–Crippen MR) is 126 cm³/mol. The van der Waals surface area contributed by atoms with Crippen LogP contribution < -0.4 is 10.6 Å². The molecule has 8 heteroatoms. The Balaban J connectivity index is 2.17. The van der Waals surface area contributed by atoms with Gasteiger partial charge in [-0.3, -0.25) is 0 Å². The Bertz CT molecular complexity index is 1040. The summed E-state index contributed by atoms with van der Waals surface area (Å²) in [5, 5.41) is 7.29. The molecule has 0 amide bonds. The molecule has 2 aromatic rings. The van der Waals surface area contributed by atoms with E-state index in [0.717, 1.165) is 27.0 Å². The SMILES string of the molecule is CCOC(=O)C1=C(C)NC(C)=C(C(=O)OCC)C1c1ccccc1Nc1nc(C)c(C)s1. The fourth-order valence-corrected chi connectivity index (χ4v) is 4.59. The molecule has 3 rings (SSSR count). The Morgan fingerprint density at radius 3 is 2.06 bits per heavy atom. The van der Waals surface area contributed by atoms with Gasteiger partial charge in [-0.1, -0.05) is 18.2 Å². The number of para-hydroxylation sites is 1. The average molecular weight is 456 g/mol. The molecule has 0 aliphatic carbocycles. The molecule has 1 aliphatic heterocycles. The van der Waals surface area contributed by atoms with Crippen LogP contribution in [0, 0.1) is 13.8 Å². The Labute approximate surface area is 192 Å². The van der Waals surface area contributed by atoms with Crippen LogP contribution >= 0.6 is 11.3 Å². The number of carbonyl (C=O) groups is 2. The molecule has 2 N–H and O–H groups in total. The molecule has 2 heterocycles. The number of carbonyl (C=O) groups excluding carboxylic acids is 2. The lowest BCUT2D eigenvalue weighted by Crippen LogP contribution is -2.32. The van der Waals surface area contributed by atoms with Gasteiger partial charge in [-0.2, -0.15) is 0 Å². The highest BCUT2D eigenvalue weighted by atomic mass is 32.1. The van der Waals surface area contributed by atoms with Gasteiger partial charge in [0, 0.05) is 22.0 Å². The first-order valence-corrected chi connectivity index (χ1v) is 11.4. The van der Waals surface area contributed by atoms with Crippen molar-refractivity contribution in [2.75, 3.05) is 18.5 Å². The van der Waals surface area contributed by atoms with E-state index in [9.17, 15) is 9.59 Å². The molecule has 1 aliphatic rings. The van der Waals surface area contributed by atoms with Crippen LogP contribution in [0.1, 0.15) is 49.7 Å². The van der Waals surface area contributed by atoms with Gasteiger partial charge in [0.05, 0.1) is 36.0 Å². The standard InChI is InChI=1S/C24H29N3O4S/c1-7-30-22(28)19-14(4)25-15(5)20(23(29)31-8-2)21(19)17-11-9-10-12-18(17)27-24-26-13(3)16(6)32-24/h9-12,21,25H,7-8H2,1-6H3,(H,26,27). The Kier molecular flexibility index (Phi) is 7.35. The number of allylic oxidation sites excluding steroid dienone is 2. The Hall–Kier alpha value is -3.13. The second-order valence-electron chi connectivity index (χ2n) is 7.45. The minimum absolute atomic E-state index is 0.233. The molecule has 0 fully saturated rings. The molecular weight excluding hydrogens is 426 g/mol. The van der Waals surface area contributed by atoms with Crippen molar-refractivity contribution in [1.29, 1.82) is 0 Å². The van der Waals surface area contributed by atoms with Crippen LogP contribution in [-0.4, -0.2) is 30.1 Å². The molecule has 0 unspecified atom stereocenters. The molecule has 1 aromatic carbocycles. The number of anilines is 2. The molecule has 1 aromatic heterocycles. The van der Waals surface area contributed by atoms with E-state index in [1.165, 1.54) is 0 Å². The quantitative estimate of drug-likeness (QED) is 0.576. The van der Waals surface area contributed by atoms with E-state index < -0.39 is 17.9 Å². The van der Waals surface area contributed by atoms with Gasteiger partial charge in [-0.05, 0) is 53.2 Å². The number of ether oxygens (including phenoxy) is 2. The third kappa shape index (κ3) is 4.70. The topological polar surface area (TPSA) is 89.5 Å². The number of nitrogens with zero attached hydrogens (tertiary/aromatic N) is 1. The van der Waals surface area contributed by atoms with Gasteiger partial charge in [0.25, 0.3) is 0 Å². The van der Waals surface area contributed by atoms with Crippen molar-refractivity contribution < 1.29 is 19.1 Å². The van der Waals surface area contributed by atoms with Crippen LogP contribution in [0.15, 0.2) is 46.8 Å². The van der Waals surface area contributed by atoms with Gasteiger partial charge < -0.3 is 20.1 Å². The van der Waals surface area contributed by atoms with Crippen molar-refractivity contribution in [2.45, 2.75) is 47.5 Å². The fourth-order valence-electron chi connectivity index (χ4n) is 3.77. The number of benzene rings is 1. The van der Waals surface area contributed by atoms with E-state index in [4.69, 9.17) is 9.47 Å². The van der Waals surface area contributed by atoms with Gasteiger partial charge in [-0.15, -0.1) is 11.3 Å². The highest BCUT2D eigenvalue weighted by molar-refractivity contribution is 7.15. The number of rotatable bonds is 7. The summed E-state index contributed by atoms with van der Waals surface area (Å²) in [7, 11) is 0. The maximum Gasteiger partial charge on any atom is 0.336 e. The number of dihydropyridines is 1. The molecule has 7 nitrogen and oxygen atoms in total. The summed E-state index contributed by atoms with van der Waals surface area (Å²) in [5.74, 6) is -1.58. The normalized spacial score (nSPS) is 14.3. The summed E-state index contributed by atoms with van der Waals surface area (Å²) in [4.78, 5) is 31.7. The van der Waals surface area contributed by atoms with Crippen LogP contribution in [0.25, 0.3) is 0 Å². The molecule has 0 saturated carbocycles. The van der Waals surface area contributed by atoms with Crippen molar-refractivity contribution in [3.8, 4) is 0 Å². The van der Waals surface area contributed by atoms with Gasteiger partial charge in [0.1, 0.15) is 0 Å². The van der Waals surface area contributed by atoms with Gasteiger partial charge in [-0.25, -0.2) is 14.6 Å². The lowest BCUT2D eigenvalue weighted by atomic mass is 9.79. The number of thiazole rings is 1. The van der Waals surface area contributed by atoms with Crippen LogP contribution in [-0.2, 0) is 19.1 Å². The van der Waals surface area contributed by atoms with Gasteiger partial charge in [0.15, 0.2) is 5.13 Å². The molecule has 32 heavy (non-hydrogen) atoms. The van der Waals surface area contributed by atoms with Crippen molar-refractivity contribution in [3.05, 3.63) is 62.9 Å². The average Bonchev–Trinajstić information content (AvgIpc) is 3.05. The molecule has 0 radical (unpaired) electrons. The van der Waals surface area contributed by atoms with Crippen LogP contribution in [0.3, 0.4) is 0 Å². The third-order valence-electron chi connectivity index (χ3n) is 5.29. The predicted octanol–water partition coefficient (Wildman–Crippen LogP) is 4.86. The van der Waals surface area contributed by atoms with Crippen molar-refractivity contribution in [3.63, 3.8) is 0 Å². The first kappa shape index (κ1) is 23.5. The van der Waals surface area contributed by atoms with Crippen molar-refractivity contribution >= 4 is 34.1 Å². The molecule has 170 valence electrons. The number of hydrogen-bond acceptors (Lipinski definition) is 8. The first-order valence-electron chi connectivity index (χ1n) is 10.6. The molecular formula is C24H29N3O4S. The lowest BCUT2D eigenvalue weighted by molar-refractivity contribution is -0.139. The largest absolute Gasteiger partial charge is 0.463 e. The molecule has 0 saturated heterocycles. The number of hydrogen-bond donors (Lipinski definition) is 2. The van der Waals surface area contributed by atoms with Crippen LogP contribution in [0.2, 0.25) is 0 Å². The summed E-state index contributed by atoms with van der Waals surface area (Å²) in [5.41, 5.74) is 4.57. The highest BCUT2D eigenvalue weighted by Gasteiger charge is 2.39. The maximum atomic E-state index is 13.0. The molecule has 0 atom stereocenters. The zero-order chi connectivity index (χ0) is 23.4. The Morgan fingerprint density at radius 2 is 1.56 bits per heavy atom. The summed E-state index contributed by atoms with van der Waals surface area (Å²) in [6.07, 6.45) is 0. The van der Waals surface area contributed by atoms with Crippen LogP contribution in [0.4, 0.5) is 10.8 Å². The lowest BCUT2D eigenvalue weighted by Gasteiger charge is -2.31. The summed E-state index contributed by atoms with van der Waals surface area (Å²) >= 11 is 1.55. The van der Waals surface area contributed by atoms with E-state index in [0.29, 0.717) is 22.5 Å². The third-order valence-corrected chi connectivity index (χ3v) is 6.28. The molecule has 0 spiro atoms. The van der Waals surface area contributed by atoms with Gasteiger partial charge in [0.2, 0.25) is 0 Å². The van der Waals surface area contributed by atoms with Crippen LogP contribution in [0.5, 0.6) is 0 Å². The number of aromatic nitrogens is 1. The fraction of sp³-hybridized carbons (Fsp3) is 0.375. The van der Waals surface area contributed by atoms with E-state index in [2.05, 4.69) is 15.6 Å². The number of aryl methyl sites for hydroxylation is 2. The minimum Gasteiger partial charge on any atom is -0.463 e. The summed E-state index contributed by atoms with van der Waals surface area (Å²) in [6, 6.07) is 7.61.